The van der Waals surface area contributed by atoms with Crippen LogP contribution in [0.4, 0.5) is 0 Å². The molecule has 0 radical (unpaired) electrons. The van der Waals surface area contributed by atoms with Crippen molar-refractivity contribution in [3.8, 4) is 0 Å². The summed E-state index contributed by atoms with van der Waals surface area (Å²) >= 11 is 0. The van der Waals surface area contributed by atoms with Gasteiger partial charge in [-0.15, -0.1) is 0 Å². The first-order valence-corrected chi connectivity index (χ1v) is 7.68. The van der Waals surface area contributed by atoms with Crippen molar-refractivity contribution in [1.29, 1.82) is 0 Å². The molecule has 0 aromatic heterocycles. The molecule has 2 aliphatic heterocycles. The van der Waals surface area contributed by atoms with Gasteiger partial charge in [-0.3, -0.25) is 9.80 Å². The summed E-state index contributed by atoms with van der Waals surface area (Å²) in [6, 6.07) is 0.644. The second-order valence-corrected chi connectivity index (χ2v) is 6.41. The Morgan fingerprint density at radius 2 is 1.89 bits per heavy atom. The molecule has 2 heterocycles. The van der Waals surface area contributed by atoms with Crippen molar-refractivity contribution < 1.29 is 9.84 Å². The Morgan fingerprint density at radius 3 is 2.53 bits per heavy atom. The smallest absolute Gasteiger partial charge is 0.0923 e. The Balaban J connectivity index is 1.50. The van der Waals surface area contributed by atoms with Crippen LogP contribution in [0.1, 0.15) is 19.3 Å². The van der Waals surface area contributed by atoms with E-state index in [0.717, 1.165) is 58.8 Å². The fourth-order valence-electron chi connectivity index (χ4n) is 3.56. The van der Waals surface area contributed by atoms with Crippen LogP contribution in [-0.4, -0.2) is 79.0 Å². The lowest BCUT2D eigenvalue weighted by Gasteiger charge is -2.34. The number of hydrogen-bond donors (Lipinski definition) is 2. The summed E-state index contributed by atoms with van der Waals surface area (Å²) in [7, 11) is 0. The van der Waals surface area contributed by atoms with E-state index in [0.29, 0.717) is 18.5 Å². The van der Waals surface area contributed by atoms with Crippen LogP contribution in [0.25, 0.3) is 0 Å². The number of nitrogens with two attached hydrogens (primary N) is 1. The summed E-state index contributed by atoms with van der Waals surface area (Å²) in [5.41, 5.74) is 5.16. The molecule has 0 aromatic carbocycles. The van der Waals surface area contributed by atoms with Gasteiger partial charge >= 0.3 is 0 Å². The van der Waals surface area contributed by atoms with Crippen molar-refractivity contribution in [2.45, 2.75) is 30.9 Å². The number of aliphatic hydroxyl groups is 1. The van der Waals surface area contributed by atoms with Gasteiger partial charge in [-0.1, -0.05) is 0 Å². The number of nitrogens with zero attached hydrogens (tertiary/aromatic N) is 2. The Bertz CT molecular complexity index is 305. The highest BCUT2D eigenvalue weighted by Crippen LogP contribution is 2.40. The third-order valence-electron chi connectivity index (χ3n) is 5.00. The first-order chi connectivity index (χ1) is 9.21. The summed E-state index contributed by atoms with van der Waals surface area (Å²) in [6.45, 7) is 7.18. The normalized spacial score (nSPS) is 33.5. The van der Waals surface area contributed by atoms with Gasteiger partial charge < -0.3 is 15.6 Å². The molecule has 5 heteroatoms. The fourth-order valence-corrected chi connectivity index (χ4v) is 3.56. The van der Waals surface area contributed by atoms with E-state index in [1.165, 1.54) is 6.42 Å². The number of ether oxygens (including phenoxy) is 1. The summed E-state index contributed by atoms with van der Waals surface area (Å²) in [5, 5.41) is 10.6. The van der Waals surface area contributed by atoms with Crippen LogP contribution in [0.5, 0.6) is 0 Å². The first-order valence-electron chi connectivity index (χ1n) is 7.68. The molecule has 2 unspecified atom stereocenters. The maximum absolute atomic E-state index is 10.6. The largest absolute Gasteiger partial charge is 0.387 e. The van der Waals surface area contributed by atoms with Crippen molar-refractivity contribution >= 4 is 0 Å². The number of likely N-dealkylation sites (tertiary alicyclic amines) is 1. The van der Waals surface area contributed by atoms with Gasteiger partial charge in [0, 0.05) is 38.8 Å². The van der Waals surface area contributed by atoms with E-state index in [9.17, 15) is 5.11 Å². The van der Waals surface area contributed by atoms with Crippen molar-refractivity contribution in [2.24, 2.45) is 11.7 Å². The molecule has 3 N–H and O–H groups in total. The van der Waals surface area contributed by atoms with Crippen molar-refractivity contribution in [3.63, 3.8) is 0 Å². The molecule has 2 atom stereocenters. The Hall–Kier alpha value is -0.200. The van der Waals surface area contributed by atoms with Crippen LogP contribution in [0.15, 0.2) is 0 Å². The minimum Gasteiger partial charge on any atom is -0.387 e. The van der Waals surface area contributed by atoms with E-state index in [1.807, 2.05) is 0 Å². The Labute approximate surface area is 115 Å². The average molecular weight is 269 g/mol. The Kier molecular flexibility index (Phi) is 4.10. The molecule has 2 saturated heterocycles. The van der Waals surface area contributed by atoms with Gasteiger partial charge in [0.15, 0.2) is 0 Å². The van der Waals surface area contributed by atoms with Gasteiger partial charge in [0.05, 0.1) is 18.8 Å². The molecular weight excluding hydrogens is 242 g/mol. The summed E-state index contributed by atoms with van der Waals surface area (Å²) in [5.74, 6) is 0.444. The predicted octanol–water partition coefficient (Wildman–Crippen LogP) is -0.507. The van der Waals surface area contributed by atoms with Gasteiger partial charge in [-0.2, -0.15) is 0 Å². The first kappa shape index (κ1) is 13.8. The second kappa shape index (κ2) is 5.66. The van der Waals surface area contributed by atoms with E-state index in [1.54, 1.807) is 0 Å². The third kappa shape index (κ3) is 3.11. The van der Waals surface area contributed by atoms with Crippen LogP contribution in [0.2, 0.25) is 0 Å². The van der Waals surface area contributed by atoms with Crippen molar-refractivity contribution in [2.75, 3.05) is 52.5 Å². The van der Waals surface area contributed by atoms with Crippen LogP contribution in [0, 0.1) is 5.92 Å². The molecule has 3 fully saturated rings. The maximum Gasteiger partial charge on any atom is 0.0923 e. The molecular formula is C14H27N3O2. The SMILES string of the molecule is NCC(O)(CN1CCC(N2CCOCC2)C1)C1CC1. The van der Waals surface area contributed by atoms with E-state index in [-0.39, 0.29) is 0 Å². The second-order valence-electron chi connectivity index (χ2n) is 6.41. The third-order valence-corrected chi connectivity index (χ3v) is 5.00. The lowest BCUT2D eigenvalue weighted by Crippen LogP contribution is -2.50. The maximum atomic E-state index is 10.6. The lowest BCUT2D eigenvalue weighted by atomic mass is 9.97. The number of hydrogen-bond acceptors (Lipinski definition) is 5. The van der Waals surface area contributed by atoms with E-state index >= 15 is 0 Å². The van der Waals surface area contributed by atoms with Crippen molar-refractivity contribution in [3.05, 3.63) is 0 Å². The average Bonchev–Trinajstić information content (AvgIpc) is 3.21. The zero-order valence-corrected chi connectivity index (χ0v) is 11.8. The van der Waals surface area contributed by atoms with E-state index in [2.05, 4.69) is 9.80 Å². The number of morpholine rings is 1. The number of β-amino-alcohol motifs (C(OH)–C–C–N with tert-alkyl or cyclic N) is 1. The molecule has 0 spiro atoms. The quantitative estimate of drug-likeness (QED) is 0.704. The lowest BCUT2D eigenvalue weighted by molar-refractivity contribution is -0.00849. The molecule has 5 nitrogen and oxygen atoms in total. The van der Waals surface area contributed by atoms with E-state index < -0.39 is 5.60 Å². The van der Waals surface area contributed by atoms with E-state index in [4.69, 9.17) is 10.5 Å². The van der Waals surface area contributed by atoms with Crippen LogP contribution < -0.4 is 5.73 Å². The highest BCUT2D eigenvalue weighted by molar-refractivity contribution is 4.99. The van der Waals surface area contributed by atoms with Crippen molar-refractivity contribution in [1.82, 2.24) is 9.80 Å². The fraction of sp³-hybridized carbons (Fsp3) is 1.00. The Morgan fingerprint density at radius 1 is 1.16 bits per heavy atom. The van der Waals surface area contributed by atoms with Gasteiger partial charge in [0.25, 0.3) is 0 Å². The summed E-state index contributed by atoms with van der Waals surface area (Å²) in [4.78, 5) is 4.95. The standard InChI is InChI=1S/C14H27N3O2/c15-10-14(18,12-1-2-12)11-16-4-3-13(9-16)17-5-7-19-8-6-17/h12-13,18H,1-11,15H2. The zero-order valence-electron chi connectivity index (χ0n) is 11.8. The summed E-state index contributed by atoms with van der Waals surface area (Å²) in [6.07, 6.45) is 3.51. The summed E-state index contributed by atoms with van der Waals surface area (Å²) < 4.78 is 5.41. The molecule has 0 aromatic rings. The molecule has 1 saturated carbocycles. The molecule has 110 valence electrons. The predicted molar refractivity (Wildman–Crippen MR) is 74.0 cm³/mol. The van der Waals surface area contributed by atoms with Crippen LogP contribution in [-0.2, 0) is 4.74 Å². The minimum absolute atomic E-state index is 0.399. The molecule has 19 heavy (non-hydrogen) atoms. The van der Waals surface area contributed by atoms with Crippen LogP contribution >= 0.6 is 0 Å². The zero-order chi connectivity index (χ0) is 13.3. The molecule has 0 bridgehead atoms. The molecule has 1 aliphatic carbocycles. The molecule has 3 aliphatic rings. The topological polar surface area (TPSA) is 62.0 Å². The number of rotatable bonds is 5. The highest BCUT2D eigenvalue weighted by atomic mass is 16.5. The van der Waals surface area contributed by atoms with Gasteiger partial charge in [-0.05, 0) is 31.7 Å². The minimum atomic E-state index is -0.639. The highest BCUT2D eigenvalue weighted by Gasteiger charge is 2.44. The molecule has 3 rings (SSSR count). The van der Waals surface area contributed by atoms with Gasteiger partial charge in [0.2, 0.25) is 0 Å². The molecule has 0 amide bonds. The van der Waals surface area contributed by atoms with Crippen LogP contribution in [0.3, 0.4) is 0 Å². The van der Waals surface area contributed by atoms with Gasteiger partial charge in [-0.25, -0.2) is 0 Å². The monoisotopic (exact) mass is 269 g/mol. The van der Waals surface area contributed by atoms with Gasteiger partial charge in [0.1, 0.15) is 0 Å².